The fourth-order valence-electron chi connectivity index (χ4n) is 2.22. The largest absolute Gasteiger partial charge is 0.497 e. The average Bonchev–Trinajstić information content (AvgIpc) is 2.64. The van der Waals surface area contributed by atoms with Gasteiger partial charge in [-0.05, 0) is 30.7 Å². The molecule has 2 N–H and O–H groups in total. The molecule has 0 heterocycles. The molecule has 0 atom stereocenters. The van der Waals surface area contributed by atoms with Crippen molar-refractivity contribution in [3.63, 3.8) is 0 Å². The molecule has 8 heteroatoms. The minimum Gasteiger partial charge on any atom is -0.497 e. The maximum Gasteiger partial charge on any atom is 0.273 e. The van der Waals surface area contributed by atoms with E-state index >= 15 is 0 Å². The van der Waals surface area contributed by atoms with Crippen LogP contribution in [0.3, 0.4) is 0 Å². The molecule has 2 rings (SSSR count). The summed E-state index contributed by atoms with van der Waals surface area (Å²) in [5.41, 5.74) is 1.34. The molecular weight excluding hydrogens is 338 g/mol. The maximum absolute atomic E-state index is 12.1. The smallest absolute Gasteiger partial charge is 0.273 e. The van der Waals surface area contributed by atoms with Crippen LogP contribution in [0, 0.1) is 17.0 Å². The zero-order valence-corrected chi connectivity index (χ0v) is 14.4. The van der Waals surface area contributed by atoms with E-state index in [1.165, 1.54) is 18.2 Å². The SMILES string of the molecule is COc1ccc(CNC(=O)CNC(=O)c2ccc(C)c([N+](=O)[O-])c2)cc1. The summed E-state index contributed by atoms with van der Waals surface area (Å²) >= 11 is 0. The molecule has 0 aliphatic rings. The number of rotatable bonds is 7. The van der Waals surface area contributed by atoms with Gasteiger partial charge in [0.15, 0.2) is 0 Å². The highest BCUT2D eigenvalue weighted by atomic mass is 16.6. The van der Waals surface area contributed by atoms with Gasteiger partial charge >= 0.3 is 0 Å². The second kappa shape index (κ2) is 8.61. The van der Waals surface area contributed by atoms with Gasteiger partial charge in [0.2, 0.25) is 5.91 Å². The monoisotopic (exact) mass is 357 g/mol. The Balaban J connectivity index is 1.85. The van der Waals surface area contributed by atoms with E-state index in [0.29, 0.717) is 12.1 Å². The minimum absolute atomic E-state index is 0.130. The van der Waals surface area contributed by atoms with Crippen molar-refractivity contribution < 1.29 is 19.2 Å². The summed E-state index contributed by atoms with van der Waals surface area (Å²) in [7, 11) is 1.57. The highest BCUT2D eigenvalue weighted by Gasteiger charge is 2.15. The molecule has 0 spiro atoms. The van der Waals surface area contributed by atoms with Crippen molar-refractivity contribution in [1.29, 1.82) is 0 Å². The number of carbonyl (C=O) groups is 2. The van der Waals surface area contributed by atoms with Crippen LogP contribution in [-0.4, -0.2) is 30.4 Å². The molecule has 26 heavy (non-hydrogen) atoms. The van der Waals surface area contributed by atoms with Gasteiger partial charge in [0, 0.05) is 23.7 Å². The van der Waals surface area contributed by atoms with E-state index in [9.17, 15) is 19.7 Å². The van der Waals surface area contributed by atoms with Crippen LogP contribution < -0.4 is 15.4 Å². The predicted octanol–water partition coefficient (Wildman–Crippen LogP) is 1.96. The molecule has 0 radical (unpaired) electrons. The Labute approximate surface area is 150 Å². The molecule has 2 aromatic carbocycles. The maximum atomic E-state index is 12.1. The van der Waals surface area contributed by atoms with Crippen LogP contribution in [0.15, 0.2) is 42.5 Å². The third-order valence-corrected chi connectivity index (χ3v) is 3.73. The molecule has 0 bridgehead atoms. The highest BCUT2D eigenvalue weighted by molar-refractivity contribution is 5.97. The fraction of sp³-hybridized carbons (Fsp3) is 0.222. The number of ether oxygens (including phenoxy) is 1. The lowest BCUT2D eigenvalue weighted by atomic mass is 10.1. The number of methoxy groups -OCH3 is 1. The van der Waals surface area contributed by atoms with Crippen LogP contribution in [0.1, 0.15) is 21.5 Å². The summed E-state index contributed by atoms with van der Waals surface area (Å²) in [6, 6.07) is 11.4. The molecule has 0 saturated carbocycles. The Morgan fingerprint density at radius 2 is 1.81 bits per heavy atom. The van der Waals surface area contributed by atoms with Crippen molar-refractivity contribution in [3.05, 3.63) is 69.3 Å². The summed E-state index contributed by atoms with van der Waals surface area (Å²) in [6.07, 6.45) is 0. The number of amides is 2. The van der Waals surface area contributed by atoms with Crippen molar-refractivity contribution in [1.82, 2.24) is 10.6 Å². The lowest BCUT2D eigenvalue weighted by Gasteiger charge is -2.08. The standard InChI is InChI=1S/C18H19N3O5/c1-12-3-6-14(9-16(12)21(24)25)18(23)20-11-17(22)19-10-13-4-7-15(26-2)8-5-13/h3-9H,10-11H2,1-2H3,(H,19,22)(H,20,23). The van der Waals surface area contributed by atoms with E-state index in [2.05, 4.69) is 10.6 Å². The van der Waals surface area contributed by atoms with Gasteiger partial charge < -0.3 is 15.4 Å². The van der Waals surface area contributed by atoms with Gasteiger partial charge in [-0.3, -0.25) is 19.7 Å². The van der Waals surface area contributed by atoms with E-state index < -0.39 is 10.8 Å². The Morgan fingerprint density at radius 3 is 2.42 bits per heavy atom. The van der Waals surface area contributed by atoms with Crippen molar-refractivity contribution >= 4 is 17.5 Å². The van der Waals surface area contributed by atoms with Crippen LogP contribution in [0.25, 0.3) is 0 Å². The van der Waals surface area contributed by atoms with E-state index in [4.69, 9.17) is 4.74 Å². The van der Waals surface area contributed by atoms with Crippen molar-refractivity contribution in [2.75, 3.05) is 13.7 Å². The van der Waals surface area contributed by atoms with Crippen LogP contribution in [0.4, 0.5) is 5.69 Å². The molecule has 0 aliphatic heterocycles. The number of aryl methyl sites for hydroxylation is 1. The lowest BCUT2D eigenvalue weighted by Crippen LogP contribution is -2.36. The number of hydrogen-bond acceptors (Lipinski definition) is 5. The Bertz CT molecular complexity index is 818. The minimum atomic E-state index is -0.548. The summed E-state index contributed by atoms with van der Waals surface area (Å²) in [6.45, 7) is 1.68. The number of nitrogens with one attached hydrogen (secondary N) is 2. The molecule has 0 saturated heterocycles. The quantitative estimate of drug-likeness (QED) is 0.581. The number of benzene rings is 2. The highest BCUT2D eigenvalue weighted by Crippen LogP contribution is 2.19. The van der Waals surface area contributed by atoms with Crippen LogP contribution in [0.2, 0.25) is 0 Å². The van der Waals surface area contributed by atoms with E-state index in [1.807, 2.05) is 12.1 Å². The van der Waals surface area contributed by atoms with Gasteiger partial charge in [-0.2, -0.15) is 0 Å². The van der Waals surface area contributed by atoms with Gasteiger partial charge in [-0.1, -0.05) is 18.2 Å². The first kappa shape index (κ1) is 18.9. The molecule has 2 aromatic rings. The Morgan fingerprint density at radius 1 is 1.12 bits per heavy atom. The summed E-state index contributed by atoms with van der Waals surface area (Å²) in [5, 5.41) is 16.0. The normalized spacial score (nSPS) is 10.1. The second-order valence-electron chi connectivity index (χ2n) is 5.57. The number of carbonyl (C=O) groups excluding carboxylic acids is 2. The third-order valence-electron chi connectivity index (χ3n) is 3.73. The molecular formula is C18H19N3O5. The lowest BCUT2D eigenvalue weighted by molar-refractivity contribution is -0.385. The van der Waals surface area contributed by atoms with E-state index in [0.717, 1.165) is 11.3 Å². The average molecular weight is 357 g/mol. The van der Waals surface area contributed by atoms with Crippen molar-refractivity contribution in [2.24, 2.45) is 0 Å². The first-order valence-electron chi connectivity index (χ1n) is 7.83. The van der Waals surface area contributed by atoms with Gasteiger partial charge in [0.05, 0.1) is 18.6 Å². The second-order valence-corrected chi connectivity index (χ2v) is 5.57. The number of nitro groups is 1. The number of hydrogen-bond donors (Lipinski definition) is 2. The zero-order valence-electron chi connectivity index (χ0n) is 14.4. The van der Waals surface area contributed by atoms with E-state index in [1.54, 1.807) is 26.2 Å². The van der Waals surface area contributed by atoms with Gasteiger partial charge in [0.25, 0.3) is 11.6 Å². The Kier molecular flexibility index (Phi) is 6.26. The molecule has 0 aliphatic carbocycles. The van der Waals surface area contributed by atoms with Crippen LogP contribution in [-0.2, 0) is 11.3 Å². The van der Waals surface area contributed by atoms with E-state index in [-0.39, 0.29) is 23.7 Å². The van der Waals surface area contributed by atoms with Crippen LogP contribution in [0.5, 0.6) is 5.75 Å². The van der Waals surface area contributed by atoms with Gasteiger partial charge in [0.1, 0.15) is 5.75 Å². The first-order chi connectivity index (χ1) is 12.4. The molecule has 0 aromatic heterocycles. The van der Waals surface area contributed by atoms with Crippen molar-refractivity contribution in [3.8, 4) is 5.75 Å². The number of nitro benzene ring substituents is 1. The summed E-state index contributed by atoms with van der Waals surface area (Å²) in [4.78, 5) is 34.3. The summed E-state index contributed by atoms with van der Waals surface area (Å²) < 4.78 is 5.06. The molecule has 2 amide bonds. The first-order valence-corrected chi connectivity index (χ1v) is 7.83. The molecule has 0 unspecified atom stereocenters. The number of nitrogens with zero attached hydrogens (tertiary/aromatic N) is 1. The molecule has 8 nitrogen and oxygen atoms in total. The van der Waals surface area contributed by atoms with Gasteiger partial charge in [-0.15, -0.1) is 0 Å². The fourth-order valence-corrected chi connectivity index (χ4v) is 2.22. The molecule has 0 fully saturated rings. The predicted molar refractivity (Wildman–Crippen MR) is 95.0 cm³/mol. The van der Waals surface area contributed by atoms with Gasteiger partial charge in [-0.25, -0.2) is 0 Å². The zero-order chi connectivity index (χ0) is 19.1. The third kappa shape index (κ3) is 5.04. The van der Waals surface area contributed by atoms with Crippen molar-refractivity contribution in [2.45, 2.75) is 13.5 Å². The van der Waals surface area contributed by atoms with Crippen LogP contribution >= 0.6 is 0 Å². The molecule has 136 valence electrons. The topological polar surface area (TPSA) is 111 Å². The summed E-state index contributed by atoms with van der Waals surface area (Å²) in [5.74, 6) is -0.192. The Hall–Kier alpha value is -3.42.